The fourth-order valence-corrected chi connectivity index (χ4v) is 2.52. The van der Waals surface area contributed by atoms with E-state index in [1.54, 1.807) is 0 Å². The summed E-state index contributed by atoms with van der Waals surface area (Å²) in [4.78, 5) is 12.1. The quantitative estimate of drug-likeness (QED) is 0.518. The van der Waals surface area contributed by atoms with Gasteiger partial charge in [0.15, 0.2) is 5.11 Å². The Hall–Kier alpha value is -1.63. The summed E-state index contributed by atoms with van der Waals surface area (Å²) in [5, 5.41) is 8.04. The number of amides is 1. The van der Waals surface area contributed by atoms with Crippen molar-refractivity contribution in [3.05, 3.63) is 17.0 Å². The zero-order valence-electron chi connectivity index (χ0n) is 15.7. The Balaban J connectivity index is 2.48. The second-order valence-corrected chi connectivity index (χ2v) is 7.42. The van der Waals surface area contributed by atoms with Crippen LogP contribution in [0.3, 0.4) is 0 Å². The molecule has 0 radical (unpaired) electrons. The average Bonchev–Trinajstić information content (AvgIpc) is 2.71. The molecule has 1 rings (SSSR count). The molecule has 24 heavy (non-hydrogen) atoms. The molecule has 0 aliphatic rings. The van der Waals surface area contributed by atoms with Crippen molar-refractivity contribution in [2.45, 2.75) is 60.9 Å². The monoisotopic (exact) mass is 353 g/mol. The lowest BCUT2D eigenvalue weighted by molar-refractivity contribution is -0.121. The Labute approximate surface area is 150 Å². The van der Waals surface area contributed by atoms with Crippen LogP contribution in [0, 0.1) is 25.7 Å². The molecular weight excluding hydrogens is 322 g/mol. The third-order valence-corrected chi connectivity index (χ3v) is 3.98. The summed E-state index contributed by atoms with van der Waals surface area (Å²) in [5.41, 5.74) is 8.33. The highest BCUT2D eigenvalue weighted by molar-refractivity contribution is 7.80. The number of carbonyl (C=O) groups excluding carboxylic acids is 1. The van der Waals surface area contributed by atoms with Crippen molar-refractivity contribution in [1.29, 1.82) is 0 Å². The van der Waals surface area contributed by atoms with Crippen LogP contribution in [-0.2, 0) is 17.8 Å². The van der Waals surface area contributed by atoms with Gasteiger partial charge >= 0.3 is 0 Å². The van der Waals surface area contributed by atoms with Gasteiger partial charge in [0.2, 0.25) is 5.91 Å². The zero-order valence-corrected chi connectivity index (χ0v) is 16.5. The fourth-order valence-electron chi connectivity index (χ4n) is 2.36. The fraction of sp³-hybridized carbons (Fsp3) is 0.706. The van der Waals surface area contributed by atoms with Crippen LogP contribution >= 0.6 is 12.2 Å². The summed E-state index contributed by atoms with van der Waals surface area (Å²) in [6.45, 7) is 14.2. The molecule has 0 saturated heterocycles. The predicted octanol–water partition coefficient (Wildman–Crippen LogP) is 2.24. The minimum atomic E-state index is -0.127. The van der Waals surface area contributed by atoms with Crippen LogP contribution in [0.2, 0.25) is 0 Å². The number of nitrogens with one attached hydrogen (secondary N) is 3. The van der Waals surface area contributed by atoms with Gasteiger partial charge in [0.25, 0.3) is 0 Å². The highest BCUT2D eigenvalue weighted by Gasteiger charge is 2.15. The molecule has 0 atom stereocenters. The van der Waals surface area contributed by atoms with Crippen molar-refractivity contribution < 1.29 is 4.79 Å². The van der Waals surface area contributed by atoms with Crippen molar-refractivity contribution >= 4 is 23.2 Å². The molecular formula is C17H31N5OS. The first-order chi connectivity index (χ1) is 11.2. The lowest BCUT2D eigenvalue weighted by Gasteiger charge is -2.12. The molecule has 0 unspecified atom stereocenters. The Bertz CT molecular complexity index is 566. The summed E-state index contributed by atoms with van der Waals surface area (Å²) >= 11 is 5.14. The van der Waals surface area contributed by atoms with Crippen molar-refractivity contribution in [2.24, 2.45) is 11.8 Å². The third kappa shape index (κ3) is 6.86. The van der Waals surface area contributed by atoms with Gasteiger partial charge in [0.1, 0.15) is 0 Å². The summed E-state index contributed by atoms with van der Waals surface area (Å²) < 4.78 is 1.98. The standard InChI is InChI=1S/C17H31N5OS/c1-11(2)7-8-18-17(24)20-19-16(23)9-15-13(5)21-22(14(15)6)10-12(3)4/h11-12H,7-10H2,1-6H3,(H,19,23)(H2,18,20,24). The predicted molar refractivity (Wildman–Crippen MR) is 102 cm³/mol. The van der Waals surface area contributed by atoms with Crippen LogP contribution < -0.4 is 16.2 Å². The molecule has 0 aliphatic carbocycles. The number of rotatable bonds is 7. The second-order valence-electron chi connectivity index (χ2n) is 7.01. The Morgan fingerprint density at radius 3 is 2.42 bits per heavy atom. The molecule has 6 nitrogen and oxygen atoms in total. The van der Waals surface area contributed by atoms with E-state index in [9.17, 15) is 4.79 Å². The molecule has 0 saturated carbocycles. The largest absolute Gasteiger partial charge is 0.361 e. The first-order valence-electron chi connectivity index (χ1n) is 8.56. The number of hydrogen-bond acceptors (Lipinski definition) is 3. The molecule has 136 valence electrons. The molecule has 0 fully saturated rings. The normalized spacial score (nSPS) is 11.0. The minimum Gasteiger partial charge on any atom is -0.361 e. The number of carbonyl (C=O) groups is 1. The van der Waals surface area contributed by atoms with E-state index in [2.05, 4.69) is 49.0 Å². The van der Waals surface area contributed by atoms with Gasteiger partial charge in [-0.05, 0) is 44.3 Å². The van der Waals surface area contributed by atoms with Crippen LogP contribution in [0.15, 0.2) is 0 Å². The van der Waals surface area contributed by atoms with Gasteiger partial charge in [-0.1, -0.05) is 27.7 Å². The average molecular weight is 354 g/mol. The topological polar surface area (TPSA) is 71.0 Å². The number of hydrazine groups is 1. The van der Waals surface area contributed by atoms with Gasteiger partial charge in [-0.3, -0.25) is 20.3 Å². The molecule has 1 aromatic rings. The summed E-state index contributed by atoms with van der Waals surface area (Å²) in [7, 11) is 0. The van der Waals surface area contributed by atoms with Gasteiger partial charge in [-0.2, -0.15) is 5.10 Å². The van der Waals surface area contributed by atoms with Crippen LogP contribution in [0.5, 0.6) is 0 Å². The maximum Gasteiger partial charge on any atom is 0.242 e. The summed E-state index contributed by atoms with van der Waals surface area (Å²) in [6, 6.07) is 0. The number of hydrogen-bond donors (Lipinski definition) is 3. The SMILES string of the molecule is Cc1nn(CC(C)C)c(C)c1CC(=O)NNC(=S)NCCC(C)C. The van der Waals surface area contributed by atoms with E-state index < -0.39 is 0 Å². The molecule has 0 aromatic carbocycles. The molecule has 0 spiro atoms. The molecule has 1 heterocycles. The maximum atomic E-state index is 12.1. The van der Waals surface area contributed by atoms with Gasteiger partial charge in [-0.15, -0.1) is 0 Å². The number of aromatic nitrogens is 2. The molecule has 0 bridgehead atoms. The molecule has 7 heteroatoms. The first-order valence-corrected chi connectivity index (χ1v) is 8.97. The molecule has 0 aliphatic heterocycles. The van der Waals surface area contributed by atoms with Crippen LogP contribution in [0.1, 0.15) is 51.1 Å². The Morgan fingerprint density at radius 2 is 1.83 bits per heavy atom. The summed E-state index contributed by atoms with van der Waals surface area (Å²) in [6.07, 6.45) is 1.32. The van der Waals surface area contributed by atoms with Gasteiger partial charge < -0.3 is 5.32 Å². The first kappa shape index (κ1) is 20.4. The maximum absolute atomic E-state index is 12.1. The van der Waals surface area contributed by atoms with E-state index >= 15 is 0 Å². The van der Waals surface area contributed by atoms with E-state index in [-0.39, 0.29) is 12.3 Å². The highest BCUT2D eigenvalue weighted by atomic mass is 32.1. The van der Waals surface area contributed by atoms with E-state index in [0.717, 1.165) is 36.5 Å². The zero-order chi connectivity index (χ0) is 18.3. The minimum absolute atomic E-state index is 0.127. The second kappa shape index (κ2) is 9.61. The van der Waals surface area contributed by atoms with Crippen LogP contribution in [0.25, 0.3) is 0 Å². The number of aryl methyl sites for hydroxylation is 1. The number of nitrogens with zero attached hydrogens (tertiary/aromatic N) is 2. The lowest BCUT2D eigenvalue weighted by Crippen LogP contribution is -2.47. The van der Waals surface area contributed by atoms with Crippen LogP contribution in [-0.4, -0.2) is 27.3 Å². The Morgan fingerprint density at radius 1 is 1.17 bits per heavy atom. The van der Waals surface area contributed by atoms with Gasteiger partial charge in [-0.25, -0.2) is 0 Å². The third-order valence-electron chi connectivity index (χ3n) is 3.73. The molecule has 1 amide bonds. The van der Waals surface area contributed by atoms with E-state index in [4.69, 9.17) is 12.2 Å². The van der Waals surface area contributed by atoms with Crippen molar-refractivity contribution in [2.75, 3.05) is 6.54 Å². The van der Waals surface area contributed by atoms with Crippen molar-refractivity contribution in [1.82, 2.24) is 25.9 Å². The lowest BCUT2D eigenvalue weighted by atomic mass is 10.1. The van der Waals surface area contributed by atoms with E-state index in [1.807, 2.05) is 18.5 Å². The van der Waals surface area contributed by atoms with Crippen molar-refractivity contribution in [3.63, 3.8) is 0 Å². The van der Waals surface area contributed by atoms with E-state index in [1.165, 1.54) is 0 Å². The van der Waals surface area contributed by atoms with Crippen LogP contribution in [0.4, 0.5) is 0 Å². The Kier molecular flexibility index (Phi) is 8.18. The highest BCUT2D eigenvalue weighted by Crippen LogP contribution is 2.15. The van der Waals surface area contributed by atoms with Crippen molar-refractivity contribution in [3.8, 4) is 0 Å². The molecule has 1 aromatic heterocycles. The van der Waals surface area contributed by atoms with Gasteiger partial charge in [0, 0.05) is 24.3 Å². The molecule has 3 N–H and O–H groups in total. The van der Waals surface area contributed by atoms with Gasteiger partial charge in [0.05, 0.1) is 12.1 Å². The number of thiocarbonyl (C=S) groups is 1. The van der Waals surface area contributed by atoms with E-state index in [0.29, 0.717) is 16.9 Å². The summed E-state index contributed by atoms with van der Waals surface area (Å²) in [5.74, 6) is 1.00. The smallest absolute Gasteiger partial charge is 0.242 e.